The zero-order valence-electron chi connectivity index (χ0n) is 10.4. The van der Waals surface area contributed by atoms with Crippen LogP contribution in [0.15, 0.2) is 24.3 Å². The van der Waals surface area contributed by atoms with Crippen molar-refractivity contribution in [3.05, 3.63) is 30.0 Å². The third-order valence-corrected chi connectivity index (χ3v) is 2.64. The summed E-state index contributed by atoms with van der Waals surface area (Å²) >= 11 is 0. The first-order chi connectivity index (χ1) is 9.49. The van der Waals surface area contributed by atoms with Crippen molar-refractivity contribution < 1.29 is 19.8 Å². The number of carboxylic acids is 2. The van der Waals surface area contributed by atoms with E-state index in [0.717, 1.165) is 0 Å². The summed E-state index contributed by atoms with van der Waals surface area (Å²) < 4.78 is 1.26. The molecule has 0 aliphatic heterocycles. The number of aryl methyl sites for hydroxylation is 1. The molecule has 0 radical (unpaired) electrons. The first-order valence-electron chi connectivity index (χ1n) is 5.73. The van der Waals surface area contributed by atoms with E-state index in [-0.39, 0.29) is 24.4 Å². The Morgan fingerprint density at radius 1 is 1.30 bits per heavy atom. The zero-order valence-corrected chi connectivity index (χ0v) is 10.4. The van der Waals surface area contributed by atoms with Crippen molar-refractivity contribution in [2.45, 2.75) is 13.0 Å². The lowest BCUT2D eigenvalue weighted by molar-refractivity contribution is -0.137. The fraction of sp³-hybridized carbons (Fsp3) is 0.167. The Morgan fingerprint density at radius 3 is 2.65 bits per heavy atom. The fourth-order valence-electron chi connectivity index (χ4n) is 1.79. The molecule has 2 aromatic rings. The Labute approximate surface area is 113 Å². The highest BCUT2D eigenvalue weighted by Gasteiger charge is 2.20. The number of carboxylic acid groups (broad SMARTS) is 2. The van der Waals surface area contributed by atoms with Gasteiger partial charge in [-0.1, -0.05) is 17.3 Å². The third-order valence-electron chi connectivity index (χ3n) is 2.64. The number of rotatable bonds is 5. The summed E-state index contributed by atoms with van der Waals surface area (Å²) in [6.07, 6.45) is -0.183. The molecule has 0 fully saturated rings. The van der Waals surface area contributed by atoms with Crippen LogP contribution in [-0.4, -0.2) is 37.1 Å². The van der Waals surface area contributed by atoms with Crippen molar-refractivity contribution in [2.75, 3.05) is 5.73 Å². The maximum atomic E-state index is 11.2. The normalized spacial score (nSPS) is 10.4. The van der Waals surface area contributed by atoms with Gasteiger partial charge in [0.2, 0.25) is 0 Å². The maximum absolute atomic E-state index is 11.2. The predicted molar refractivity (Wildman–Crippen MR) is 69.1 cm³/mol. The van der Waals surface area contributed by atoms with Gasteiger partial charge in [0.25, 0.3) is 0 Å². The summed E-state index contributed by atoms with van der Waals surface area (Å²) in [7, 11) is 0. The lowest BCUT2D eigenvalue weighted by Crippen LogP contribution is -2.08. The van der Waals surface area contributed by atoms with E-state index in [9.17, 15) is 9.59 Å². The molecule has 0 amide bonds. The fourth-order valence-corrected chi connectivity index (χ4v) is 1.79. The molecule has 0 saturated heterocycles. The Morgan fingerprint density at radius 2 is 2.05 bits per heavy atom. The number of aliphatic carboxylic acids is 1. The Balaban J connectivity index is 2.49. The molecule has 2 rings (SSSR count). The number of hydrogen-bond acceptors (Lipinski definition) is 5. The Hall–Kier alpha value is -2.90. The highest BCUT2D eigenvalue weighted by molar-refractivity contribution is 5.92. The Bertz CT molecular complexity index is 665. The lowest BCUT2D eigenvalue weighted by Gasteiger charge is -2.06. The van der Waals surface area contributed by atoms with E-state index in [0.29, 0.717) is 11.3 Å². The molecule has 4 N–H and O–H groups in total. The minimum atomic E-state index is -1.23. The van der Waals surface area contributed by atoms with E-state index < -0.39 is 11.9 Å². The number of aromatic carboxylic acids is 1. The van der Waals surface area contributed by atoms with E-state index >= 15 is 0 Å². The van der Waals surface area contributed by atoms with Crippen molar-refractivity contribution in [3.8, 4) is 11.3 Å². The van der Waals surface area contributed by atoms with Crippen molar-refractivity contribution in [1.82, 2.24) is 15.0 Å². The smallest absolute Gasteiger partial charge is 0.358 e. The first kappa shape index (κ1) is 13.5. The van der Waals surface area contributed by atoms with E-state index in [1.807, 2.05) is 0 Å². The van der Waals surface area contributed by atoms with Crippen molar-refractivity contribution >= 4 is 17.6 Å². The Kier molecular flexibility index (Phi) is 3.65. The van der Waals surface area contributed by atoms with Crippen molar-refractivity contribution in [2.24, 2.45) is 0 Å². The van der Waals surface area contributed by atoms with Crippen molar-refractivity contribution in [1.29, 1.82) is 0 Å². The topological polar surface area (TPSA) is 131 Å². The van der Waals surface area contributed by atoms with Crippen LogP contribution in [0.1, 0.15) is 16.9 Å². The summed E-state index contributed by atoms with van der Waals surface area (Å²) in [4.78, 5) is 21.8. The highest BCUT2D eigenvalue weighted by Crippen LogP contribution is 2.24. The number of nitrogens with zero attached hydrogens (tertiary/aromatic N) is 3. The lowest BCUT2D eigenvalue weighted by atomic mass is 10.1. The highest BCUT2D eigenvalue weighted by atomic mass is 16.4. The summed E-state index contributed by atoms with van der Waals surface area (Å²) in [6, 6.07) is 6.58. The number of nitrogens with two attached hydrogens (primary N) is 1. The molecular formula is C12H12N4O4. The quantitative estimate of drug-likeness (QED) is 0.685. The SMILES string of the molecule is Nc1cccc(-c2c(C(=O)O)nnn2CCC(=O)O)c1. The van der Waals surface area contributed by atoms with Gasteiger partial charge in [-0.2, -0.15) is 0 Å². The van der Waals surface area contributed by atoms with Crippen LogP contribution in [0.3, 0.4) is 0 Å². The molecular weight excluding hydrogens is 264 g/mol. The number of nitrogen functional groups attached to an aromatic ring is 1. The molecule has 20 heavy (non-hydrogen) atoms. The van der Waals surface area contributed by atoms with E-state index in [1.54, 1.807) is 24.3 Å². The summed E-state index contributed by atoms with van der Waals surface area (Å²) in [5, 5.41) is 25.1. The van der Waals surface area contributed by atoms with E-state index in [4.69, 9.17) is 15.9 Å². The number of hydrogen-bond donors (Lipinski definition) is 3. The first-order valence-corrected chi connectivity index (χ1v) is 5.73. The number of benzene rings is 1. The van der Waals surface area contributed by atoms with Crippen LogP contribution in [0.5, 0.6) is 0 Å². The zero-order chi connectivity index (χ0) is 14.7. The van der Waals surface area contributed by atoms with Gasteiger partial charge in [0, 0.05) is 11.3 Å². The van der Waals surface area contributed by atoms with Crippen LogP contribution in [-0.2, 0) is 11.3 Å². The summed E-state index contributed by atoms with van der Waals surface area (Å²) in [6.45, 7) is 0.0275. The van der Waals surface area contributed by atoms with Gasteiger partial charge in [0.15, 0.2) is 5.69 Å². The second-order valence-corrected chi connectivity index (χ2v) is 4.08. The average molecular weight is 276 g/mol. The monoisotopic (exact) mass is 276 g/mol. The van der Waals surface area contributed by atoms with Crippen LogP contribution >= 0.6 is 0 Å². The van der Waals surface area contributed by atoms with Gasteiger partial charge < -0.3 is 15.9 Å². The van der Waals surface area contributed by atoms with Gasteiger partial charge >= 0.3 is 11.9 Å². The number of carbonyl (C=O) groups is 2. The maximum Gasteiger partial charge on any atom is 0.358 e. The van der Waals surface area contributed by atoms with Crippen LogP contribution in [0.4, 0.5) is 5.69 Å². The predicted octanol–water partition coefficient (Wildman–Crippen LogP) is 0.700. The van der Waals surface area contributed by atoms with E-state index in [1.165, 1.54) is 4.68 Å². The van der Waals surface area contributed by atoms with Gasteiger partial charge in [-0.05, 0) is 12.1 Å². The largest absolute Gasteiger partial charge is 0.481 e. The van der Waals surface area contributed by atoms with Gasteiger partial charge in [0.05, 0.1) is 13.0 Å². The van der Waals surface area contributed by atoms with Crippen LogP contribution in [0.2, 0.25) is 0 Å². The molecule has 0 atom stereocenters. The number of anilines is 1. The van der Waals surface area contributed by atoms with Gasteiger partial charge in [-0.25, -0.2) is 9.48 Å². The molecule has 104 valence electrons. The molecule has 0 aliphatic rings. The summed E-state index contributed by atoms with van der Waals surface area (Å²) in [5.41, 5.74) is 6.67. The molecule has 0 spiro atoms. The minimum Gasteiger partial charge on any atom is -0.481 e. The molecule has 0 unspecified atom stereocenters. The standard InChI is InChI=1S/C12H12N4O4/c13-8-3-1-2-7(6-8)11-10(12(19)20)14-15-16(11)5-4-9(17)18/h1-3,6H,4-5,13H2,(H,17,18)(H,19,20). The van der Waals surface area contributed by atoms with Crippen molar-refractivity contribution in [3.63, 3.8) is 0 Å². The van der Waals surface area contributed by atoms with Gasteiger partial charge in [-0.15, -0.1) is 5.10 Å². The van der Waals surface area contributed by atoms with E-state index in [2.05, 4.69) is 10.3 Å². The molecule has 8 nitrogen and oxygen atoms in total. The number of aromatic nitrogens is 3. The molecule has 1 aromatic heterocycles. The van der Waals surface area contributed by atoms with Crippen LogP contribution < -0.4 is 5.73 Å². The van der Waals surface area contributed by atoms with Crippen LogP contribution in [0.25, 0.3) is 11.3 Å². The molecule has 0 saturated carbocycles. The molecule has 1 heterocycles. The van der Waals surface area contributed by atoms with Gasteiger partial charge in [-0.3, -0.25) is 4.79 Å². The summed E-state index contributed by atoms with van der Waals surface area (Å²) in [5.74, 6) is -2.24. The minimum absolute atomic E-state index is 0.0275. The van der Waals surface area contributed by atoms with Gasteiger partial charge in [0.1, 0.15) is 5.69 Å². The molecule has 8 heteroatoms. The third kappa shape index (κ3) is 2.74. The second-order valence-electron chi connectivity index (χ2n) is 4.08. The molecule has 1 aromatic carbocycles. The molecule has 0 aliphatic carbocycles. The van der Waals surface area contributed by atoms with Crippen LogP contribution in [0, 0.1) is 0 Å². The average Bonchev–Trinajstić information content (AvgIpc) is 2.80. The second kappa shape index (κ2) is 5.39. The molecule has 0 bridgehead atoms.